The Morgan fingerprint density at radius 1 is 1.13 bits per heavy atom. The number of sulfone groups is 1. The average molecular weight is 559 g/mol. The Hall–Kier alpha value is -3.23. The molecule has 0 fully saturated rings. The minimum Gasteiger partial charge on any atom is -0.492 e. The minimum absolute atomic E-state index is 0.0408. The third-order valence-corrected chi connectivity index (χ3v) is 7.99. The monoisotopic (exact) mass is 558 g/mol. The zero-order chi connectivity index (χ0) is 27.4. The Balaban J connectivity index is 1.45. The fraction of sp³-hybridized carbons (Fsp3) is 0.345. The van der Waals surface area contributed by atoms with Crippen LogP contribution in [0.2, 0.25) is 5.02 Å². The van der Waals surface area contributed by atoms with Gasteiger partial charge in [-0.1, -0.05) is 35.9 Å². The van der Waals surface area contributed by atoms with Crippen LogP contribution in [-0.2, 0) is 21.2 Å². The summed E-state index contributed by atoms with van der Waals surface area (Å²) < 4.78 is 40.2. The van der Waals surface area contributed by atoms with E-state index in [1.807, 2.05) is 56.3 Å². The molecule has 202 valence electrons. The molecule has 4 rings (SSSR count). The van der Waals surface area contributed by atoms with Gasteiger partial charge in [0.25, 0.3) is 0 Å². The molecule has 7 nitrogen and oxygen atoms in total. The van der Waals surface area contributed by atoms with E-state index in [4.69, 9.17) is 30.9 Å². The summed E-state index contributed by atoms with van der Waals surface area (Å²) in [5.41, 5.74) is 5.76. The van der Waals surface area contributed by atoms with Crippen molar-refractivity contribution >= 4 is 27.4 Å². The molecular formula is C29H31ClO7S. The number of aliphatic carboxylic acids is 1. The van der Waals surface area contributed by atoms with Crippen molar-refractivity contribution in [1.82, 2.24) is 0 Å². The number of hydrogen-bond acceptors (Lipinski definition) is 6. The van der Waals surface area contributed by atoms with Crippen LogP contribution < -0.4 is 14.2 Å². The first-order valence-electron chi connectivity index (χ1n) is 12.3. The van der Waals surface area contributed by atoms with Crippen molar-refractivity contribution in [3.63, 3.8) is 0 Å². The molecule has 0 bridgehead atoms. The lowest BCUT2D eigenvalue weighted by Gasteiger charge is -2.17. The summed E-state index contributed by atoms with van der Waals surface area (Å²) in [4.78, 5) is 11.1. The van der Waals surface area contributed by atoms with Crippen molar-refractivity contribution in [2.45, 2.75) is 39.2 Å². The van der Waals surface area contributed by atoms with Crippen molar-refractivity contribution in [1.29, 1.82) is 0 Å². The quantitative estimate of drug-likeness (QED) is 0.289. The van der Waals surface area contributed by atoms with Crippen LogP contribution in [0.5, 0.6) is 17.2 Å². The van der Waals surface area contributed by atoms with Crippen LogP contribution in [0.25, 0.3) is 11.1 Å². The molecule has 1 aliphatic heterocycles. The molecule has 0 aliphatic carbocycles. The zero-order valence-corrected chi connectivity index (χ0v) is 23.2. The molecule has 0 spiro atoms. The van der Waals surface area contributed by atoms with Crippen molar-refractivity contribution in [3.8, 4) is 28.4 Å². The Labute approximate surface area is 228 Å². The van der Waals surface area contributed by atoms with Gasteiger partial charge in [-0.2, -0.15) is 0 Å². The smallest absolute Gasteiger partial charge is 0.304 e. The highest BCUT2D eigenvalue weighted by atomic mass is 35.5. The van der Waals surface area contributed by atoms with Gasteiger partial charge in [-0.05, 0) is 66.3 Å². The summed E-state index contributed by atoms with van der Waals surface area (Å²) in [6.45, 7) is 4.91. The van der Waals surface area contributed by atoms with Crippen LogP contribution in [-0.4, -0.2) is 44.7 Å². The molecule has 1 heterocycles. The number of rotatable bonds is 11. The summed E-state index contributed by atoms with van der Waals surface area (Å²) in [7, 11) is -3.03. The van der Waals surface area contributed by atoms with Gasteiger partial charge in [0.15, 0.2) is 0 Å². The maximum absolute atomic E-state index is 11.3. The SMILES string of the molecule is Cc1cc(OCCCS(C)(=O)=O)c(Cl)c(C)c1-c1cccc(COc2ccc3c(c2)OC[C@H]3CC(=O)O)c1. The van der Waals surface area contributed by atoms with Gasteiger partial charge in [-0.25, -0.2) is 8.42 Å². The number of aryl methyl sites for hydroxylation is 1. The molecule has 0 amide bonds. The molecule has 38 heavy (non-hydrogen) atoms. The van der Waals surface area contributed by atoms with Gasteiger partial charge in [0, 0.05) is 23.8 Å². The van der Waals surface area contributed by atoms with Crippen LogP contribution in [0.15, 0.2) is 48.5 Å². The number of halogens is 1. The van der Waals surface area contributed by atoms with E-state index in [0.29, 0.717) is 41.9 Å². The number of carbonyl (C=O) groups is 1. The number of ether oxygens (including phenoxy) is 3. The molecule has 3 aromatic carbocycles. The van der Waals surface area contributed by atoms with Crippen molar-refractivity contribution in [3.05, 3.63) is 75.8 Å². The molecular weight excluding hydrogens is 528 g/mol. The van der Waals surface area contributed by atoms with Gasteiger partial charge in [0.05, 0.1) is 30.4 Å². The second-order valence-electron chi connectivity index (χ2n) is 9.63. The molecule has 0 aromatic heterocycles. The highest BCUT2D eigenvalue weighted by molar-refractivity contribution is 7.90. The number of benzene rings is 3. The fourth-order valence-electron chi connectivity index (χ4n) is 4.68. The summed E-state index contributed by atoms with van der Waals surface area (Å²) in [5, 5.41) is 9.59. The van der Waals surface area contributed by atoms with Gasteiger partial charge in [0.1, 0.15) is 33.7 Å². The lowest BCUT2D eigenvalue weighted by atomic mass is 9.94. The third kappa shape index (κ3) is 6.79. The maximum atomic E-state index is 11.3. The summed E-state index contributed by atoms with van der Waals surface area (Å²) in [6, 6.07) is 15.5. The second-order valence-corrected chi connectivity index (χ2v) is 12.3. The van der Waals surface area contributed by atoms with Crippen molar-refractivity contribution in [2.75, 3.05) is 25.2 Å². The Bertz CT molecular complexity index is 1450. The minimum atomic E-state index is -3.03. The van der Waals surface area contributed by atoms with Gasteiger partial charge in [0.2, 0.25) is 0 Å². The average Bonchev–Trinajstić information content (AvgIpc) is 3.24. The number of carboxylic acids is 1. The molecule has 1 aliphatic rings. The molecule has 1 atom stereocenters. The van der Waals surface area contributed by atoms with Crippen molar-refractivity contribution < 1.29 is 32.5 Å². The number of fused-ring (bicyclic) bond motifs is 1. The van der Waals surface area contributed by atoms with Crippen LogP contribution in [0.4, 0.5) is 0 Å². The van der Waals surface area contributed by atoms with Gasteiger partial charge in [-0.15, -0.1) is 0 Å². The molecule has 0 unspecified atom stereocenters. The zero-order valence-electron chi connectivity index (χ0n) is 21.6. The van der Waals surface area contributed by atoms with Crippen LogP contribution in [0, 0.1) is 13.8 Å². The first-order chi connectivity index (χ1) is 18.0. The van der Waals surface area contributed by atoms with E-state index in [9.17, 15) is 13.2 Å². The summed E-state index contributed by atoms with van der Waals surface area (Å²) in [5.74, 6) is 0.947. The maximum Gasteiger partial charge on any atom is 0.304 e. The molecule has 1 N–H and O–H groups in total. The van der Waals surface area contributed by atoms with Gasteiger partial charge < -0.3 is 19.3 Å². The highest BCUT2D eigenvalue weighted by Gasteiger charge is 2.26. The Morgan fingerprint density at radius 3 is 2.66 bits per heavy atom. The first kappa shape index (κ1) is 27.8. The predicted molar refractivity (Wildman–Crippen MR) is 147 cm³/mol. The fourth-order valence-corrected chi connectivity index (χ4v) is 5.53. The molecule has 0 radical (unpaired) electrons. The number of carboxylic acid groups (broad SMARTS) is 1. The first-order valence-corrected chi connectivity index (χ1v) is 14.8. The lowest BCUT2D eigenvalue weighted by molar-refractivity contribution is -0.137. The van der Waals surface area contributed by atoms with Crippen LogP contribution >= 0.6 is 11.6 Å². The molecule has 0 saturated carbocycles. The summed E-state index contributed by atoms with van der Waals surface area (Å²) in [6.07, 6.45) is 1.65. The van der Waals surface area contributed by atoms with Gasteiger partial charge >= 0.3 is 5.97 Å². The largest absolute Gasteiger partial charge is 0.492 e. The molecule has 0 saturated heterocycles. The molecule has 3 aromatic rings. The number of hydrogen-bond donors (Lipinski definition) is 1. The summed E-state index contributed by atoms with van der Waals surface area (Å²) >= 11 is 6.64. The van der Waals surface area contributed by atoms with Crippen molar-refractivity contribution in [2.24, 2.45) is 0 Å². The van der Waals surface area contributed by atoms with E-state index in [-0.39, 0.29) is 24.7 Å². The van der Waals surface area contributed by atoms with E-state index < -0.39 is 15.8 Å². The highest BCUT2D eigenvalue weighted by Crippen LogP contribution is 2.40. The van der Waals surface area contributed by atoms with E-state index in [1.54, 1.807) is 0 Å². The Morgan fingerprint density at radius 2 is 1.92 bits per heavy atom. The van der Waals surface area contributed by atoms with Crippen LogP contribution in [0.1, 0.15) is 41.0 Å². The third-order valence-electron chi connectivity index (χ3n) is 6.49. The Kier molecular flexibility index (Phi) is 8.53. The van der Waals surface area contributed by atoms with E-state index in [1.165, 1.54) is 6.26 Å². The lowest BCUT2D eigenvalue weighted by Crippen LogP contribution is -2.08. The second kappa shape index (κ2) is 11.7. The molecule has 9 heteroatoms. The normalized spacial score (nSPS) is 14.6. The standard InChI is InChI=1S/C29H31ClO7S/c1-18-12-26(35-10-5-11-38(3,33)34)29(30)19(2)28(18)21-7-4-6-20(13-21)16-36-23-8-9-24-22(14-27(31)32)17-37-25(24)15-23/h4,6-9,12-13,15,22H,5,10-11,14,16-17H2,1-3H3,(H,31,32)/t22-/m1/s1. The predicted octanol–water partition coefficient (Wildman–Crippen LogP) is 5.97. The topological polar surface area (TPSA) is 99.1 Å². The van der Waals surface area contributed by atoms with Gasteiger partial charge in [-0.3, -0.25) is 4.79 Å². The van der Waals surface area contributed by atoms with E-state index >= 15 is 0 Å². The van der Waals surface area contributed by atoms with Crippen LogP contribution in [0.3, 0.4) is 0 Å². The van der Waals surface area contributed by atoms with E-state index in [2.05, 4.69) is 6.07 Å². The van der Waals surface area contributed by atoms with E-state index in [0.717, 1.165) is 33.4 Å².